The second kappa shape index (κ2) is 11.3. The van der Waals surface area contributed by atoms with Crippen LogP contribution >= 0.6 is 11.8 Å². The Balaban J connectivity index is 0.00000326. The Morgan fingerprint density at radius 3 is 2.26 bits per heavy atom. The summed E-state index contributed by atoms with van der Waals surface area (Å²) in [5.74, 6) is 0. The van der Waals surface area contributed by atoms with E-state index >= 15 is 0 Å². The standard InChI is InChI=1S/C19H30N2O3S.C2H6/c1-18(2,3)24-17(22)21(19(4,5)11-12-23-7)14-9-10-15(20-6)16(13-14)25-8;1-2/h9-10,13H,6,11-12H2,1-5,7-8H3;1-2H3. The highest BCUT2D eigenvalue weighted by Gasteiger charge is 2.35. The lowest BCUT2D eigenvalue weighted by atomic mass is 9.98. The van der Waals surface area contributed by atoms with Gasteiger partial charge in [-0.2, -0.15) is 0 Å². The highest BCUT2D eigenvalue weighted by Crippen LogP contribution is 2.36. The summed E-state index contributed by atoms with van der Waals surface area (Å²) >= 11 is 1.57. The van der Waals surface area contributed by atoms with E-state index in [4.69, 9.17) is 9.47 Å². The molecule has 0 aliphatic heterocycles. The third kappa shape index (κ3) is 7.93. The number of nitrogens with zero attached hydrogens (tertiary/aromatic N) is 2. The maximum atomic E-state index is 12.9. The Hall–Kier alpha value is -1.53. The van der Waals surface area contributed by atoms with Crippen molar-refractivity contribution in [3.05, 3.63) is 18.2 Å². The summed E-state index contributed by atoms with van der Waals surface area (Å²) in [6, 6.07) is 5.70. The van der Waals surface area contributed by atoms with Crippen LogP contribution in [0.15, 0.2) is 28.1 Å². The molecule has 27 heavy (non-hydrogen) atoms. The first-order valence-corrected chi connectivity index (χ1v) is 10.4. The Morgan fingerprint density at radius 2 is 1.81 bits per heavy atom. The van der Waals surface area contributed by atoms with E-state index in [-0.39, 0.29) is 6.09 Å². The van der Waals surface area contributed by atoms with E-state index in [2.05, 4.69) is 11.7 Å². The fourth-order valence-electron chi connectivity index (χ4n) is 2.41. The summed E-state index contributed by atoms with van der Waals surface area (Å²) in [5.41, 5.74) is 0.525. The van der Waals surface area contributed by atoms with Crippen molar-refractivity contribution in [2.75, 3.05) is 24.9 Å². The maximum Gasteiger partial charge on any atom is 0.415 e. The zero-order chi connectivity index (χ0) is 21.3. The van der Waals surface area contributed by atoms with Gasteiger partial charge < -0.3 is 9.47 Å². The molecular weight excluding hydrogens is 360 g/mol. The van der Waals surface area contributed by atoms with Crippen molar-refractivity contribution < 1.29 is 14.3 Å². The Bertz CT molecular complexity index is 610. The van der Waals surface area contributed by atoms with E-state index in [1.807, 2.05) is 72.9 Å². The molecule has 1 rings (SSSR count). The monoisotopic (exact) mass is 396 g/mol. The molecule has 0 aromatic heterocycles. The summed E-state index contributed by atoms with van der Waals surface area (Å²) < 4.78 is 10.9. The van der Waals surface area contributed by atoms with Crippen LogP contribution in [0, 0.1) is 0 Å². The number of aliphatic imine (C=N–C) groups is 1. The summed E-state index contributed by atoms with van der Waals surface area (Å²) in [5, 5.41) is 0. The molecule has 5 nitrogen and oxygen atoms in total. The largest absolute Gasteiger partial charge is 0.443 e. The Labute approximate surface area is 169 Å². The third-order valence-electron chi connectivity index (χ3n) is 3.69. The van der Waals surface area contributed by atoms with Gasteiger partial charge in [-0.3, -0.25) is 9.89 Å². The first kappa shape index (κ1) is 25.5. The van der Waals surface area contributed by atoms with Crippen molar-refractivity contribution in [1.82, 2.24) is 0 Å². The number of thioether (sulfide) groups is 1. The van der Waals surface area contributed by atoms with Crippen LogP contribution in [0.1, 0.15) is 54.9 Å². The lowest BCUT2D eigenvalue weighted by Gasteiger charge is -2.39. The van der Waals surface area contributed by atoms with Gasteiger partial charge in [0.1, 0.15) is 5.60 Å². The minimum atomic E-state index is -0.572. The number of hydrogen-bond donors (Lipinski definition) is 0. The third-order valence-corrected chi connectivity index (χ3v) is 4.46. The highest BCUT2D eigenvalue weighted by molar-refractivity contribution is 7.98. The predicted molar refractivity (Wildman–Crippen MR) is 118 cm³/mol. The van der Waals surface area contributed by atoms with Crippen LogP contribution in [0.5, 0.6) is 0 Å². The van der Waals surface area contributed by atoms with Crippen LogP contribution in [0.25, 0.3) is 0 Å². The molecule has 1 amide bonds. The molecule has 154 valence electrons. The predicted octanol–water partition coefficient (Wildman–Crippen LogP) is 6.32. The Kier molecular flexibility index (Phi) is 10.7. The molecule has 6 heteroatoms. The summed E-state index contributed by atoms with van der Waals surface area (Å²) in [7, 11) is 1.66. The quantitative estimate of drug-likeness (QED) is 0.399. The van der Waals surface area contributed by atoms with Crippen molar-refractivity contribution in [3.63, 3.8) is 0 Å². The van der Waals surface area contributed by atoms with Crippen LogP contribution in [0.4, 0.5) is 16.2 Å². The molecule has 0 atom stereocenters. The summed E-state index contributed by atoms with van der Waals surface area (Å²) in [6.07, 6.45) is 2.28. The number of carbonyl (C=O) groups excluding carboxylic acids is 1. The number of benzene rings is 1. The van der Waals surface area contributed by atoms with Crippen molar-refractivity contribution >= 4 is 35.9 Å². The van der Waals surface area contributed by atoms with Crippen LogP contribution < -0.4 is 4.90 Å². The number of carbonyl (C=O) groups is 1. The summed E-state index contributed by atoms with van der Waals surface area (Å²) in [4.78, 5) is 19.6. The average Bonchev–Trinajstić information content (AvgIpc) is 2.59. The van der Waals surface area contributed by atoms with Gasteiger partial charge in [-0.05, 0) is 72.2 Å². The second-order valence-corrected chi connectivity index (χ2v) is 8.23. The van der Waals surface area contributed by atoms with E-state index in [0.29, 0.717) is 13.0 Å². The first-order chi connectivity index (χ1) is 12.6. The van der Waals surface area contributed by atoms with Crippen LogP contribution in [0.3, 0.4) is 0 Å². The van der Waals surface area contributed by atoms with Gasteiger partial charge in [0.2, 0.25) is 0 Å². The molecule has 0 aliphatic carbocycles. The number of anilines is 1. The maximum absolute atomic E-state index is 12.9. The molecule has 1 aromatic carbocycles. The molecule has 0 N–H and O–H groups in total. The van der Waals surface area contributed by atoms with Crippen molar-refractivity contribution in [2.24, 2.45) is 4.99 Å². The molecule has 0 fully saturated rings. The molecule has 1 aromatic rings. The van der Waals surface area contributed by atoms with Gasteiger partial charge in [-0.1, -0.05) is 13.8 Å². The van der Waals surface area contributed by atoms with Crippen LogP contribution in [-0.4, -0.2) is 43.9 Å². The topological polar surface area (TPSA) is 51.1 Å². The van der Waals surface area contributed by atoms with Gasteiger partial charge in [-0.15, -0.1) is 11.8 Å². The van der Waals surface area contributed by atoms with Crippen LogP contribution in [-0.2, 0) is 9.47 Å². The lowest BCUT2D eigenvalue weighted by Crippen LogP contribution is -2.50. The van der Waals surface area contributed by atoms with Gasteiger partial charge >= 0.3 is 6.09 Å². The van der Waals surface area contributed by atoms with Gasteiger partial charge in [0.25, 0.3) is 0 Å². The Morgan fingerprint density at radius 1 is 1.22 bits per heavy atom. The van der Waals surface area contributed by atoms with Crippen molar-refractivity contribution in [2.45, 2.75) is 70.9 Å². The van der Waals surface area contributed by atoms with E-state index in [9.17, 15) is 4.79 Å². The molecule has 0 saturated carbocycles. The molecule has 0 saturated heterocycles. The highest BCUT2D eigenvalue weighted by atomic mass is 32.2. The van der Waals surface area contributed by atoms with Crippen molar-refractivity contribution in [3.8, 4) is 0 Å². The molecule has 0 bridgehead atoms. The number of ether oxygens (including phenoxy) is 2. The molecule has 0 aliphatic rings. The minimum absolute atomic E-state index is 0.375. The van der Waals surface area contributed by atoms with E-state index in [0.717, 1.165) is 16.3 Å². The average molecular weight is 397 g/mol. The van der Waals surface area contributed by atoms with Gasteiger partial charge in [0.05, 0.1) is 5.69 Å². The normalized spacial score (nSPS) is 11.3. The van der Waals surface area contributed by atoms with Gasteiger partial charge in [-0.25, -0.2) is 4.79 Å². The molecule has 0 unspecified atom stereocenters. The fraction of sp³-hybridized carbons (Fsp3) is 0.619. The molecule has 0 radical (unpaired) electrons. The van der Waals surface area contributed by atoms with Crippen molar-refractivity contribution in [1.29, 1.82) is 0 Å². The van der Waals surface area contributed by atoms with E-state index in [1.54, 1.807) is 23.8 Å². The number of amides is 1. The number of rotatable bonds is 7. The van der Waals surface area contributed by atoms with Crippen LogP contribution in [0.2, 0.25) is 0 Å². The van der Waals surface area contributed by atoms with E-state index in [1.165, 1.54) is 0 Å². The smallest absolute Gasteiger partial charge is 0.415 e. The molecular formula is C21H36N2O3S. The second-order valence-electron chi connectivity index (χ2n) is 7.39. The number of methoxy groups -OCH3 is 1. The van der Waals surface area contributed by atoms with Gasteiger partial charge in [0, 0.05) is 29.8 Å². The zero-order valence-electron chi connectivity index (χ0n) is 18.4. The number of hydrogen-bond acceptors (Lipinski definition) is 5. The first-order valence-electron chi connectivity index (χ1n) is 9.22. The summed E-state index contributed by atoms with van der Waals surface area (Å²) in [6.45, 7) is 17.8. The fourth-order valence-corrected chi connectivity index (χ4v) is 2.99. The zero-order valence-corrected chi connectivity index (χ0v) is 19.2. The lowest BCUT2D eigenvalue weighted by molar-refractivity contribution is 0.0532. The minimum Gasteiger partial charge on any atom is -0.443 e. The van der Waals surface area contributed by atoms with Gasteiger partial charge in [0.15, 0.2) is 0 Å². The molecule has 0 spiro atoms. The molecule has 0 heterocycles. The van der Waals surface area contributed by atoms with E-state index < -0.39 is 11.1 Å². The SMILES string of the molecule is C=Nc1ccc(N(C(=O)OC(C)(C)C)C(C)(C)CCOC)cc1SC.CC.